The number of benzene rings is 1. The number of hydrogen-bond acceptors (Lipinski definition) is 4. The number of carbonyl (C=O) groups is 2. The molecule has 0 aromatic heterocycles. The number of hydrogen-bond donors (Lipinski definition) is 1. The van der Waals surface area contributed by atoms with Gasteiger partial charge in [-0.25, -0.2) is 0 Å². The van der Waals surface area contributed by atoms with Crippen molar-refractivity contribution < 1.29 is 9.59 Å². The Labute approximate surface area is 154 Å². The molecule has 1 saturated heterocycles. The summed E-state index contributed by atoms with van der Waals surface area (Å²) < 4.78 is 0. The molecule has 26 heavy (non-hydrogen) atoms. The van der Waals surface area contributed by atoms with Crippen molar-refractivity contribution in [1.29, 1.82) is 5.26 Å². The van der Waals surface area contributed by atoms with Gasteiger partial charge < -0.3 is 15.1 Å². The molecule has 1 fully saturated rings. The number of carbonyl (C=O) groups excluding carboxylic acids is 2. The maximum atomic E-state index is 12.2. The van der Waals surface area contributed by atoms with Crippen molar-refractivity contribution >= 4 is 11.8 Å². The predicted octanol–water partition coefficient (Wildman–Crippen LogP) is 1.58. The molecule has 1 aromatic carbocycles. The average molecular weight is 352 g/mol. The van der Waals surface area contributed by atoms with Crippen LogP contribution >= 0.6 is 0 Å². The first-order chi connectivity index (χ1) is 12.7. The van der Waals surface area contributed by atoms with Crippen LogP contribution in [-0.4, -0.2) is 47.8 Å². The van der Waals surface area contributed by atoms with Gasteiger partial charge in [-0.3, -0.25) is 9.59 Å². The Morgan fingerprint density at radius 3 is 2.77 bits per heavy atom. The van der Waals surface area contributed by atoms with Crippen molar-refractivity contribution in [2.75, 3.05) is 26.2 Å². The Hall–Kier alpha value is -2.81. The molecule has 1 N–H and O–H groups in total. The van der Waals surface area contributed by atoms with Crippen LogP contribution in [0.3, 0.4) is 0 Å². The lowest BCUT2D eigenvalue weighted by molar-refractivity contribution is -0.127. The highest BCUT2D eigenvalue weighted by Gasteiger charge is 2.19. The van der Waals surface area contributed by atoms with E-state index in [9.17, 15) is 14.9 Å². The number of rotatable bonds is 6. The van der Waals surface area contributed by atoms with Gasteiger partial charge in [0.1, 0.15) is 11.6 Å². The van der Waals surface area contributed by atoms with Crippen LogP contribution in [0, 0.1) is 11.3 Å². The van der Waals surface area contributed by atoms with E-state index in [-0.39, 0.29) is 17.4 Å². The summed E-state index contributed by atoms with van der Waals surface area (Å²) in [7, 11) is 0. The molecule has 2 aliphatic rings. The minimum Gasteiger partial charge on any atom is -0.371 e. The third kappa shape index (κ3) is 4.42. The van der Waals surface area contributed by atoms with E-state index in [4.69, 9.17) is 0 Å². The summed E-state index contributed by atoms with van der Waals surface area (Å²) in [4.78, 5) is 27.6. The first kappa shape index (κ1) is 18.0. The van der Waals surface area contributed by atoms with Crippen LogP contribution in [0.5, 0.6) is 0 Å². The van der Waals surface area contributed by atoms with Crippen LogP contribution in [0.25, 0.3) is 0 Å². The fraction of sp³-hybridized carbons (Fsp3) is 0.450. The number of nitriles is 1. The number of fused-ring (bicyclic) bond motifs is 1. The minimum atomic E-state index is -0.348. The molecule has 0 atom stereocenters. The Bertz CT molecular complexity index is 750. The number of amides is 2. The quantitative estimate of drug-likeness (QED) is 0.479. The van der Waals surface area contributed by atoms with Crippen LogP contribution in [0.2, 0.25) is 0 Å². The summed E-state index contributed by atoms with van der Waals surface area (Å²) in [6.45, 7) is 3.45. The SMILES string of the molecule is N#C/C(=C/N1CCc2ccccc2C1)C(=O)NCCCN1CCCC1=O. The van der Waals surface area contributed by atoms with Gasteiger partial charge in [0.25, 0.3) is 5.91 Å². The zero-order valence-electron chi connectivity index (χ0n) is 14.9. The molecular formula is C20H24N4O2. The summed E-state index contributed by atoms with van der Waals surface area (Å²) in [5, 5.41) is 12.1. The maximum Gasteiger partial charge on any atom is 0.263 e. The lowest BCUT2D eigenvalue weighted by Gasteiger charge is -2.27. The van der Waals surface area contributed by atoms with Crippen LogP contribution in [-0.2, 0) is 22.6 Å². The van der Waals surface area contributed by atoms with Gasteiger partial charge in [-0.05, 0) is 30.4 Å². The van der Waals surface area contributed by atoms with Crippen molar-refractivity contribution in [3.8, 4) is 6.07 Å². The Morgan fingerprint density at radius 1 is 1.23 bits per heavy atom. The Balaban J connectivity index is 1.48. The fourth-order valence-electron chi connectivity index (χ4n) is 3.46. The zero-order chi connectivity index (χ0) is 18.4. The third-order valence-electron chi connectivity index (χ3n) is 4.90. The summed E-state index contributed by atoms with van der Waals surface area (Å²) in [5.74, 6) is -0.154. The maximum absolute atomic E-state index is 12.2. The van der Waals surface area contributed by atoms with Gasteiger partial charge in [-0.1, -0.05) is 24.3 Å². The lowest BCUT2D eigenvalue weighted by atomic mass is 10.0. The largest absolute Gasteiger partial charge is 0.371 e. The van der Waals surface area contributed by atoms with Crippen molar-refractivity contribution in [2.24, 2.45) is 0 Å². The second-order valence-corrected chi connectivity index (χ2v) is 6.74. The van der Waals surface area contributed by atoms with Gasteiger partial charge in [-0.2, -0.15) is 5.26 Å². The lowest BCUT2D eigenvalue weighted by Crippen LogP contribution is -2.32. The molecule has 0 aliphatic carbocycles. The van der Waals surface area contributed by atoms with E-state index in [1.807, 2.05) is 28.0 Å². The van der Waals surface area contributed by atoms with E-state index in [0.29, 0.717) is 32.5 Å². The summed E-state index contributed by atoms with van der Waals surface area (Å²) in [6, 6.07) is 10.3. The number of nitrogens with one attached hydrogen (secondary N) is 1. The smallest absolute Gasteiger partial charge is 0.263 e. The van der Waals surface area contributed by atoms with Gasteiger partial charge in [0.15, 0.2) is 0 Å². The van der Waals surface area contributed by atoms with Crippen molar-refractivity contribution in [3.05, 3.63) is 47.2 Å². The van der Waals surface area contributed by atoms with Crippen LogP contribution in [0.15, 0.2) is 36.0 Å². The summed E-state index contributed by atoms with van der Waals surface area (Å²) >= 11 is 0. The topological polar surface area (TPSA) is 76.4 Å². The highest BCUT2D eigenvalue weighted by molar-refractivity contribution is 5.97. The average Bonchev–Trinajstić information content (AvgIpc) is 3.07. The molecule has 6 nitrogen and oxygen atoms in total. The van der Waals surface area contributed by atoms with Crippen LogP contribution in [0.1, 0.15) is 30.4 Å². The van der Waals surface area contributed by atoms with Gasteiger partial charge in [-0.15, -0.1) is 0 Å². The molecule has 0 unspecified atom stereocenters. The predicted molar refractivity (Wildman–Crippen MR) is 97.7 cm³/mol. The van der Waals surface area contributed by atoms with E-state index in [1.165, 1.54) is 11.1 Å². The zero-order valence-corrected chi connectivity index (χ0v) is 14.9. The highest BCUT2D eigenvalue weighted by atomic mass is 16.2. The monoisotopic (exact) mass is 352 g/mol. The van der Waals surface area contributed by atoms with Gasteiger partial charge in [0.05, 0.1) is 0 Å². The van der Waals surface area contributed by atoms with Gasteiger partial charge in [0, 0.05) is 45.3 Å². The number of nitrogens with zero attached hydrogens (tertiary/aromatic N) is 3. The molecule has 2 aliphatic heterocycles. The van der Waals surface area contributed by atoms with E-state index in [0.717, 1.165) is 25.9 Å². The van der Waals surface area contributed by atoms with Crippen molar-refractivity contribution in [1.82, 2.24) is 15.1 Å². The molecule has 3 rings (SSSR count). The molecule has 0 radical (unpaired) electrons. The normalized spacial score (nSPS) is 17.0. The number of likely N-dealkylation sites (tertiary alicyclic amines) is 1. The fourth-order valence-corrected chi connectivity index (χ4v) is 3.46. The van der Waals surface area contributed by atoms with E-state index in [2.05, 4.69) is 17.4 Å². The van der Waals surface area contributed by atoms with E-state index in [1.54, 1.807) is 6.20 Å². The molecule has 0 saturated carbocycles. The first-order valence-corrected chi connectivity index (χ1v) is 9.16. The van der Waals surface area contributed by atoms with Gasteiger partial charge in [0.2, 0.25) is 5.91 Å². The Morgan fingerprint density at radius 2 is 2.04 bits per heavy atom. The molecule has 1 aromatic rings. The van der Waals surface area contributed by atoms with Crippen molar-refractivity contribution in [3.63, 3.8) is 0 Å². The minimum absolute atomic E-state index is 0.127. The molecule has 0 bridgehead atoms. The molecule has 6 heteroatoms. The second kappa shape index (κ2) is 8.52. The molecule has 2 amide bonds. The molecule has 2 heterocycles. The van der Waals surface area contributed by atoms with E-state index < -0.39 is 0 Å². The van der Waals surface area contributed by atoms with Crippen LogP contribution in [0.4, 0.5) is 0 Å². The van der Waals surface area contributed by atoms with Crippen molar-refractivity contribution in [2.45, 2.75) is 32.2 Å². The third-order valence-corrected chi connectivity index (χ3v) is 4.90. The summed E-state index contributed by atoms with van der Waals surface area (Å²) in [5.41, 5.74) is 2.70. The first-order valence-electron chi connectivity index (χ1n) is 9.16. The standard InChI is InChI=1S/C20H24N4O2/c21-13-18(15-23-12-8-16-5-1-2-6-17(16)14-23)20(26)22-9-4-11-24-10-3-7-19(24)25/h1-2,5-6,15H,3-4,7-12,14H2,(H,22,26)/b18-15-. The van der Waals surface area contributed by atoms with E-state index >= 15 is 0 Å². The Kier molecular flexibility index (Phi) is 5.90. The molecule has 136 valence electrons. The van der Waals surface area contributed by atoms with Gasteiger partial charge >= 0.3 is 0 Å². The summed E-state index contributed by atoms with van der Waals surface area (Å²) in [6.07, 6.45) is 4.83. The highest BCUT2D eigenvalue weighted by Crippen LogP contribution is 2.19. The van der Waals surface area contributed by atoms with Crippen LogP contribution < -0.4 is 5.32 Å². The second-order valence-electron chi connectivity index (χ2n) is 6.74. The molecule has 0 spiro atoms. The molecular weight excluding hydrogens is 328 g/mol.